The van der Waals surface area contributed by atoms with Gasteiger partial charge in [0.15, 0.2) is 0 Å². The molecular formula is C3H6BN3O2. The molecule has 48 valence electrons. The van der Waals surface area contributed by atoms with E-state index in [4.69, 9.17) is 10.0 Å². The molecule has 9 heavy (non-hydrogen) atoms. The fourth-order valence-electron chi connectivity index (χ4n) is 0.205. The van der Waals surface area contributed by atoms with Gasteiger partial charge < -0.3 is 10.0 Å². The van der Waals surface area contributed by atoms with E-state index in [0.29, 0.717) is 0 Å². The number of hydrogen-bond donors (Lipinski definition) is 2. The van der Waals surface area contributed by atoms with E-state index in [-0.39, 0.29) is 0 Å². The zero-order chi connectivity index (χ0) is 6.95. The Kier molecular flexibility index (Phi) is 6.21. The molecule has 0 saturated heterocycles. The van der Waals surface area contributed by atoms with Crippen molar-refractivity contribution in [1.29, 1.82) is 0 Å². The summed E-state index contributed by atoms with van der Waals surface area (Å²) in [4.78, 5) is 10.7. The lowest BCUT2D eigenvalue weighted by Crippen LogP contribution is -1.75. The van der Waals surface area contributed by atoms with Crippen LogP contribution in [0.2, 0.25) is 0 Å². The van der Waals surface area contributed by atoms with Gasteiger partial charge in [0, 0.05) is 0 Å². The maximum absolute atomic E-state index is 7.12. The van der Waals surface area contributed by atoms with Gasteiger partial charge in [-0.2, -0.15) is 0 Å². The average Bonchev–Trinajstić information content (AvgIpc) is 1.93. The second-order valence-electron chi connectivity index (χ2n) is 0.935. The predicted octanol–water partition coefficient (Wildman–Crippen LogP) is -1.89. The summed E-state index contributed by atoms with van der Waals surface area (Å²) in [5.74, 6) is 0. The number of hydrogen-bond acceptors (Lipinski definition) is 5. The van der Waals surface area contributed by atoms with E-state index in [1.807, 2.05) is 0 Å². The first kappa shape index (κ1) is 7.99. The Bertz CT molecular complexity index is 99.9. The normalized spacial score (nSPS) is 6.89. The van der Waals surface area contributed by atoms with Crippen LogP contribution in [0.3, 0.4) is 0 Å². The van der Waals surface area contributed by atoms with Crippen molar-refractivity contribution >= 4 is 7.69 Å². The fraction of sp³-hybridized carbons (Fsp3) is 0. The van der Waals surface area contributed by atoms with Crippen LogP contribution in [0.25, 0.3) is 0 Å². The average molecular weight is 127 g/mol. The topological polar surface area (TPSA) is 79.1 Å². The van der Waals surface area contributed by atoms with Gasteiger partial charge in [-0.25, -0.2) is 15.0 Å². The quantitative estimate of drug-likeness (QED) is 0.398. The Hall–Kier alpha value is -1.01. The van der Waals surface area contributed by atoms with Gasteiger partial charge in [-0.15, -0.1) is 0 Å². The summed E-state index contributed by atoms with van der Waals surface area (Å²) in [6, 6.07) is 0. The van der Waals surface area contributed by atoms with Crippen LogP contribution in [0.5, 0.6) is 0 Å². The minimum atomic E-state index is -0.750. The van der Waals surface area contributed by atoms with Crippen molar-refractivity contribution in [1.82, 2.24) is 15.0 Å². The third-order valence-electron chi connectivity index (χ3n) is 0.400. The Labute approximate surface area is 52.7 Å². The van der Waals surface area contributed by atoms with E-state index < -0.39 is 7.69 Å². The van der Waals surface area contributed by atoms with Gasteiger partial charge in [-0.1, -0.05) is 0 Å². The van der Waals surface area contributed by atoms with Crippen LogP contribution in [-0.2, 0) is 0 Å². The smallest absolute Gasteiger partial charge is 0.430 e. The van der Waals surface area contributed by atoms with Gasteiger partial charge >= 0.3 is 7.69 Å². The summed E-state index contributed by atoms with van der Waals surface area (Å²) in [6.07, 6.45) is 4.31. The van der Waals surface area contributed by atoms with Crippen molar-refractivity contribution in [2.75, 3.05) is 0 Å². The second-order valence-corrected chi connectivity index (χ2v) is 0.935. The fourth-order valence-corrected chi connectivity index (χ4v) is 0.205. The van der Waals surface area contributed by atoms with Crippen LogP contribution in [0.4, 0.5) is 0 Å². The summed E-state index contributed by atoms with van der Waals surface area (Å²) in [5.41, 5.74) is 0. The van der Waals surface area contributed by atoms with Gasteiger partial charge in [0.1, 0.15) is 19.0 Å². The van der Waals surface area contributed by atoms with Crippen molar-refractivity contribution in [3.05, 3.63) is 19.0 Å². The molecular weight excluding hydrogens is 121 g/mol. The minimum absolute atomic E-state index is 0.750. The molecule has 0 fully saturated rings. The van der Waals surface area contributed by atoms with Crippen molar-refractivity contribution in [3.63, 3.8) is 0 Å². The van der Waals surface area contributed by atoms with Crippen LogP contribution >= 0.6 is 0 Å². The molecule has 6 heteroatoms. The first-order valence-corrected chi connectivity index (χ1v) is 2.18. The van der Waals surface area contributed by atoms with Crippen molar-refractivity contribution < 1.29 is 10.0 Å². The van der Waals surface area contributed by atoms with Crippen LogP contribution in [-0.4, -0.2) is 32.7 Å². The largest absolute Gasteiger partial charge is 0.432 e. The van der Waals surface area contributed by atoms with Crippen molar-refractivity contribution in [2.24, 2.45) is 0 Å². The molecule has 0 radical (unpaired) electrons. The third-order valence-corrected chi connectivity index (χ3v) is 0.400. The monoisotopic (exact) mass is 127 g/mol. The standard InChI is InChI=1S/C3H3N3.BH3O2/c1-4-2-6-3-5-1;2-1-3/h1-3H;1-3H. The highest BCUT2D eigenvalue weighted by atomic mass is 16.4. The van der Waals surface area contributed by atoms with Crippen LogP contribution in [0.15, 0.2) is 19.0 Å². The molecule has 5 nitrogen and oxygen atoms in total. The van der Waals surface area contributed by atoms with Crippen LogP contribution < -0.4 is 0 Å². The molecule has 0 unspecified atom stereocenters. The second kappa shape index (κ2) is 6.99. The Morgan fingerprint density at radius 2 is 1.11 bits per heavy atom. The van der Waals surface area contributed by atoms with E-state index in [0.717, 1.165) is 0 Å². The molecule has 1 heterocycles. The summed E-state index contributed by atoms with van der Waals surface area (Å²) in [6.45, 7) is 0. The molecule has 1 rings (SSSR count). The van der Waals surface area contributed by atoms with Gasteiger partial charge in [-0.3, -0.25) is 0 Å². The molecule has 0 aromatic carbocycles. The van der Waals surface area contributed by atoms with Crippen LogP contribution in [0.1, 0.15) is 0 Å². The molecule has 0 atom stereocenters. The van der Waals surface area contributed by atoms with Crippen LogP contribution in [0, 0.1) is 0 Å². The Balaban J connectivity index is 0.000000187. The number of rotatable bonds is 0. The van der Waals surface area contributed by atoms with Gasteiger partial charge in [0.25, 0.3) is 0 Å². The first-order valence-electron chi connectivity index (χ1n) is 2.18. The molecule has 0 amide bonds. The van der Waals surface area contributed by atoms with Gasteiger partial charge in [-0.05, 0) is 0 Å². The first-order chi connectivity index (χ1) is 4.41. The predicted molar refractivity (Wildman–Crippen MR) is 31.4 cm³/mol. The lowest BCUT2D eigenvalue weighted by molar-refractivity contribution is 0.448. The molecule has 0 aliphatic carbocycles. The SMILES string of the molecule is OBO.c1ncncn1. The van der Waals surface area contributed by atoms with Crippen molar-refractivity contribution in [2.45, 2.75) is 0 Å². The molecule has 0 bridgehead atoms. The molecule has 1 aromatic rings. The highest BCUT2D eigenvalue weighted by Gasteiger charge is 1.59. The zero-order valence-electron chi connectivity index (χ0n) is 4.68. The third kappa shape index (κ3) is 6.99. The maximum atomic E-state index is 7.12. The van der Waals surface area contributed by atoms with E-state index in [1.54, 1.807) is 0 Å². The summed E-state index contributed by atoms with van der Waals surface area (Å²) in [7, 11) is -0.750. The maximum Gasteiger partial charge on any atom is 0.432 e. The highest BCUT2D eigenvalue weighted by molar-refractivity contribution is 6.13. The van der Waals surface area contributed by atoms with E-state index in [9.17, 15) is 0 Å². The van der Waals surface area contributed by atoms with E-state index in [2.05, 4.69) is 15.0 Å². The number of nitrogens with zero attached hydrogens (tertiary/aromatic N) is 3. The lowest BCUT2D eigenvalue weighted by Gasteiger charge is -1.69. The molecule has 0 aliphatic heterocycles. The zero-order valence-corrected chi connectivity index (χ0v) is 4.68. The summed E-state index contributed by atoms with van der Waals surface area (Å²) >= 11 is 0. The van der Waals surface area contributed by atoms with Crippen molar-refractivity contribution in [3.8, 4) is 0 Å². The molecule has 2 N–H and O–H groups in total. The summed E-state index contributed by atoms with van der Waals surface area (Å²) < 4.78 is 0. The number of aromatic nitrogens is 3. The molecule has 0 aliphatic rings. The van der Waals surface area contributed by atoms with E-state index in [1.165, 1.54) is 19.0 Å². The summed E-state index contributed by atoms with van der Waals surface area (Å²) in [5, 5.41) is 14.2. The minimum Gasteiger partial charge on any atom is -0.430 e. The highest BCUT2D eigenvalue weighted by Crippen LogP contribution is 1.57. The van der Waals surface area contributed by atoms with Gasteiger partial charge in [0.2, 0.25) is 0 Å². The van der Waals surface area contributed by atoms with E-state index >= 15 is 0 Å². The molecule has 0 spiro atoms. The molecule has 0 saturated carbocycles. The van der Waals surface area contributed by atoms with Gasteiger partial charge in [0.05, 0.1) is 0 Å². The lowest BCUT2D eigenvalue weighted by atomic mass is 10.5. The molecule has 1 aromatic heterocycles. The Morgan fingerprint density at radius 1 is 0.889 bits per heavy atom. The Morgan fingerprint density at radius 3 is 1.22 bits per heavy atom.